The topological polar surface area (TPSA) is 88.0 Å². The summed E-state index contributed by atoms with van der Waals surface area (Å²) in [5.41, 5.74) is 0. The van der Waals surface area contributed by atoms with Gasteiger partial charge in [0.25, 0.3) is 5.91 Å². The lowest BCUT2D eigenvalue weighted by Crippen LogP contribution is -2.36. The van der Waals surface area contributed by atoms with Gasteiger partial charge in [0.15, 0.2) is 18.1 Å². The zero-order chi connectivity index (χ0) is 14.1. The molecule has 0 heterocycles. The monoisotopic (exact) mass is 269 g/mol. The molecule has 1 rings (SSSR count). The minimum Gasteiger partial charge on any atom is -0.490 e. The summed E-state index contributed by atoms with van der Waals surface area (Å²) < 4.78 is 10.7. The van der Waals surface area contributed by atoms with Crippen LogP contribution in [0.4, 0.5) is 0 Å². The summed E-state index contributed by atoms with van der Waals surface area (Å²) in [5, 5.41) is 20.1. The fourth-order valence-corrected chi connectivity index (χ4v) is 1.33. The van der Waals surface area contributed by atoms with Crippen LogP contribution in [0, 0.1) is 0 Å². The van der Waals surface area contributed by atoms with Gasteiger partial charge in [0.2, 0.25) is 0 Å². The Balaban J connectivity index is 2.41. The first-order valence-electron chi connectivity index (χ1n) is 6.07. The van der Waals surface area contributed by atoms with Crippen molar-refractivity contribution in [3.63, 3.8) is 0 Å². The maximum atomic E-state index is 11.4. The van der Waals surface area contributed by atoms with Crippen LogP contribution in [0.5, 0.6) is 11.5 Å². The van der Waals surface area contributed by atoms with Crippen LogP contribution in [-0.4, -0.2) is 48.6 Å². The highest BCUT2D eigenvalue weighted by molar-refractivity contribution is 5.77. The second-order valence-corrected chi connectivity index (χ2v) is 3.81. The molecule has 0 spiro atoms. The predicted octanol–water partition coefficient (Wildman–Crippen LogP) is -0.0665. The minimum atomic E-state index is -0.959. The lowest BCUT2D eigenvalue weighted by Gasteiger charge is -2.12. The molecule has 1 atom stereocenters. The Kier molecular flexibility index (Phi) is 6.70. The molecule has 106 valence electrons. The van der Waals surface area contributed by atoms with Gasteiger partial charge in [-0.3, -0.25) is 4.79 Å². The zero-order valence-corrected chi connectivity index (χ0v) is 10.8. The van der Waals surface area contributed by atoms with Crippen molar-refractivity contribution in [2.45, 2.75) is 13.0 Å². The van der Waals surface area contributed by atoms with Crippen LogP contribution in [0.2, 0.25) is 0 Å². The number of aliphatic hydroxyl groups is 2. The molecule has 1 amide bonds. The van der Waals surface area contributed by atoms with E-state index in [1.54, 1.807) is 18.2 Å². The Morgan fingerprint density at radius 3 is 2.53 bits per heavy atom. The number of hydrogen-bond donors (Lipinski definition) is 3. The van der Waals surface area contributed by atoms with E-state index in [0.29, 0.717) is 18.1 Å². The lowest BCUT2D eigenvalue weighted by atomic mass is 10.3. The highest BCUT2D eigenvalue weighted by Crippen LogP contribution is 2.26. The van der Waals surface area contributed by atoms with Gasteiger partial charge in [-0.2, -0.15) is 0 Å². The van der Waals surface area contributed by atoms with Crippen LogP contribution in [0.25, 0.3) is 0 Å². The Hall–Kier alpha value is -1.79. The number of para-hydroxylation sites is 2. The third kappa shape index (κ3) is 5.58. The molecule has 0 aliphatic carbocycles. The molecule has 3 N–H and O–H groups in total. The van der Waals surface area contributed by atoms with Crippen molar-refractivity contribution in [1.82, 2.24) is 5.32 Å². The number of carbonyl (C=O) groups is 1. The molecule has 1 unspecified atom stereocenters. The van der Waals surface area contributed by atoms with Gasteiger partial charge in [0.1, 0.15) is 0 Å². The van der Waals surface area contributed by atoms with E-state index in [1.165, 1.54) is 0 Å². The number of amides is 1. The smallest absolute Gasteiger partial charge is 0.258 e. The maximum absolute atomic E-state index is 11.4. The van der Waals surface area contributed by atoms with Gasteiger partial charge in [-0.25, -0.2) is 0 Å². The number of carbonyl (C=O) groups excluding carboxylic acids is 1. The van der Waals surface area contributed by atoms with E-state index in [2.05, 4.69) is 5.32 Å². The summed E-state index contributed by atoms with van der Waals surface area (Å²) in [5.74, 6) is 0.689. The van der Waals surface area contributed by atoms with Gasteiger partial charge in [0.05, 0.1) is 19.3 Å². The molecule has 0 aromatic heterocycles. The standard InChI is InChI=1S/C13H19NO5/c1-2-18-11-5-3-4-6-12(11)19-9-13(17)14-7-10(16)8-15/h3-6,10,15-16H,2,7-9H2,1H3,(H,14,17). The number of rotatable bonds is 8. The number of aliphatic hydroxyl groups excluding tert-OH is 2. The summed E-state index contributed by atoms with van der Waals surface area (Å²) in [6.07, 6.45) is -0.959. The highest BCUT2D eigenvalue weighted by atomic mass is 16.5. The second-order valence-electron chi connectivity index (χ2n) is 3.81. The normalized spacial score (nSPS) is 11.7. The molecule has 0 fully saturated rings. The lowest BCUT2D eigenvalue weighted by molar-refractivity contribution is -0.123. The van der Waals surface area contributed by atoms with E-state index in [9.17, 15) is 4.79 Å². The summed E-state index contributed by atoms with van der Waals surface area (Å²) in [7, 11) is 0. The van der Waals surface area contributed by atoms with Crippen molar-refractivity contribution in [2.24, 2.45) is 0 Å². The summed E-state index contributed by atoms with van der Waals surface area (Å²) in [4.78, 5) is 11.4. The predicted molar refractivity (Wildman–Crippen MR) is 69.2 cm³/mol. The Bertz CT molecular complexity index is 396. The molecule has 1 aromatic rings. The molecule has 0 bridgehead atoms. The van der Waals surface area contributed by atoms with E-state index in [4.69, 9.17) is 19.7 Å². The van der Waals surface area contributed by atoms with E-state index >= 15 is 0 Å². The zero-order valence-electron chi connectivity index (χ0n) is 10.8. The van der Waals surface area contributed by atoms with Crippen molar-refractivity contribution in [3.8, 4) is 11.5 Å². The first-order valence-corrected chi connectivity index (χ1v) is 6.07. The number of ether oxygens (including phenoxy) is 2. The van der Waals surface area contributed by atoms with Gasteiger partial charge in [-0.1, -0.05) is 12.1 Å². The molecule has 0 aliphatic rings. The SMILES string of the molecule is CCOc1ccccc1OCC(=O)NCC(O)CO. The van der Waals surface area contributed by atoms with Crippen LogP contribution in [-0.2, 0) is 4.79 Å². The molecular formula is C13H19NO5. The van der Waals surface area contributed by atoms with Crippen LogP contribution in [0.15, 0.2) is 24.3 Å². The molecule has 0 aliphatic heterocycles. The number of nitrogens with one attached hydrogen (secondary N) is 1. The largest absolute Gasteiger partial charge is 0.490 e. The average molecular weight is 269 g/mol. The fraction of sp³-hybridized carbons (Fsp3) is 0.462. The Labute approximate surface area is 112 Å². The summed E-state index contributed by atoms with van der Waals surface area (Å²) in [6.45, 7) is 1.79. The van der Waals surface area contributed by atoms with Crippen LogP contribution in [0.3, 0.4) is 0 Å². The molecule has 6 nitrogen and oxygen atoms in total. The van der Waals surface area contributed by atoms with E-state index in [-0.39, 0.29) is 19.1 Å². The molecular weight excluding hydrogens is 250 g/mol. The molecule has 0 saturated carbocycles. The number of hydrogen-bond acceptors (Lipinski definition) is 5. The minimum absolute atomic E-state index is 0.00813. The van der Waals surface area contributed by atoms with Crippen molar-refractivity contribution < 1.29 is 24.5 Å². The van der Waals surface area contributed by atoms with Crippen molar-refractivity contribution in [1.29, 1.82) is 0 Å². The van der Waals surface area contributed by atoms with E-state index in [1.807, 2.05) is 13.0 Å². The third-order valence-electron chi connectivity index (χ3n) is 2.25. The number of benzene rings is 1. The first kappa shape index (κ1) is 15.3. The second kappa shape index (κ2) is 8.34. The third-order valence-corrected chi connectivity index (χ3v) is 2.25. The first-order chi connectivity index (χ1) is 9.17. The van der Waals surface area contributed by atoms with Crippen molar-refractivity contribution in [2.75, 3.05) is 26.4 Å². The van der Waals surface area contributed by atoms with Gasteiger partial charge in [-0.15, -0.1) is 0 Å². The van der Waals surface area contributed by atoms with Crippen LogP contribution < -0.4 is 14.8 Å². The van der Waals surface area contributed by atoms with E-state index < -0.39 is 12.7 Å². The van der Waals surface area contributed by atoms with Gasteiger partial charge >= 0.3 is 0 Å². The molecule has 0 radical (unpaired) electrons. The van der Waals surface area contributed by atoms with Crippen LogP contribution >= 0.6 is 0 Å². The van der Waals surface area contributed by atoms with Crippen molar-refractivity contribution in [3.05, 3.63) is 24.3 Å². The van der Waals surface area contributed by atoms with Crippen molar-refractivity contribution >= 4 is 5.91 Å². The molecule has 6 heteroatoms. The highest BCUT2D eigenvalue weighted by Gasteiger charge is 2.08. The fourth-order valence-electron chi connectivity index (χ4n) is 1.33. The van der Waals surface area contributed by atoms with Gasteiger partial charge in [-0.05, 0) is 19.1 Å². The Morgan fingerprint density at radius 2 is 1.95 bits per heavy atom. The quantitative estimate of drug-likeness (QED) is 0.615. The van der Waals surface area contributed by atoms with E-state index in [0.717, 1.165) is 0 Å². The van der Waals surface area contributed by atoms with Gasteiger partial charge in [0, 0.05) is 6.54 Å². The molecule has 1 aromatic carbocycles. The summed E-state index contributed by atoms with van der Waals surface area (Å²) >= 11 is 0. The van der Waals surface area contributed by atoms with Gasteiger partial charge < -0.3 is 25.0 Å². The van der Waals surface area contributed by atoms with Crippen LogP contribution in [0.1, 0.15) is 6.92 Å². The molecule has 19 heavy (non-hydrogen) atoms. The molecule has 0 saturated heterocycles. The maximum Gasteiger partial charge on any atom is 0.258 e. The summed E-state index contributed by atoms with van der Waals surface area (Å²) in [6, 6.07) is 7.06. The Morgan fingerprint density at radius 1 is 1.32 bits per heavy atom. The average Bonchev–Trinajstić information content (AvgIpc) is 2.44.